The van der Waals surface area contributed by atoms with E-state index in [1.807, 2.05) is 69.8 Å². The van der Waals surface area contributed by atoms with Crippen molar-refractivity contribution in [2.45, 2.75) is 40.2 Å². The maximum Gasteiger partial charge on any atom is 0.315 e. The smallest absolute Gasteiger partial charge is 0.315 e. The minimum Gasteiger partial charge on any atom is -0.396 e. The quantitative estimate of drug-likeness (QED) is 0.712. The summed E-state index contributed by atoms with van der Waals surface area (Å²) in [6, 6.07) is 9.76. The van der Waals surface area contributed by atoms with Crippen LogP contribution in [-0.2, 0) is 13.6 Å². The third kappa shape index (κ3) is 4.64. The molecule has 1 atom stereocenters. The molecule has 0 aliphatic carbocycles. The molecule has 2 rings (SSSR count). The molecule has 6 nitrogen and oxygen atoms in total. The average molecular weight is 358 g/mol. The summed E-state index contributed by atoms with van der Waals surface area (Å²) in [4.78, 5) is 12.3. The van der Waals surface area contributed by atoms with Gasteiger partial charge in [0.25, 0.3) is 0 Å². The number of hydrogen-bond acceptors (Lipinski definition) is 3. The first kappa shape index (κ1) is 20.0. The van der Waals surface area contributed by atoms with Crippen LogP contribution in [0.25, 0.3) is 0 Å². The molecule has 3 N–H and O–H groups in total. The summed E-state index contributed by atoms with van der Waals surface area (Å²) < 4.78 is 1.82. The SMILES string of the molecule is Cc1nn(C)c(C)c1CNC(=O)NCC(c1ccccc1)C(C)(C)CO. The first-order valence-corrected chi connectivity index (χ1v) is 8.93. The predicted molar refractivity (Wildman–Crippen MR) is 103 cm³/mol. The number of aliphatic hydroxyl groups is 1. The van der Waals surface area contributed by atoms with Crippen molar-refractivity contribution in [2.75, 3.05) is 13.2 Å². The molecule has 0 saturated heterocycles. The number of benzene rings is 1. The van der Waals surface area contributed by atoms with Gasteiger partial charge in [0.15, 0.2) is 0 Å². The van der Waals surface area contributed by atoms with Gasteiger partial charge < -0.3 is 15.7 Å². The van der Waals surface area contributed by atoms with Crippen LogP contribution in [0, 0.1) is 19.3 Å². The van der Waals surface area contributed by atoms with Gasteiger partial charge in [0.1, 0.15) is 0 Å². The summed E-state index contributed by atoms with van der Waals surface area (Å²) in [5.74, 6) is 0.0151. The number of aryl methyl sites for hydroxylation is 2. The lowest BCUT2D eigenvalue weighted by atomic mass is 9.75. The lowest BCUT2D eigenvalue weighted by Crippen LogP contribution is -2.41. The second kappa shape index (κ2) is 8.36. The Labute approximate surface area is 155 Å². The molecule has 0 fully saturated rings. The number of aromatic nitrogens is 2. The summed E-state index contributed by atoms with van der Waals surface area (Å²) in [5.41, 5.74) is 3.77. The highest BCUT2D eigenvalue weighted by Crippen LogP contribution is 2.34. The van der Waals surface area contributed by atoms with Crippen molar-refractivity contribution in [1.82, 2.24) is 20.4 Å². The second-order valence-corrected chi connectivity index (χ2v) is 7.45. The molecule has 2 aromatic rings. The minimum atomic E-state index is -0.342. The lowest BCUT2D eigenvalue weighted by molar-refractivity contribution is 0.129. The molecule has 1 heterocycles. The summed E-state index contributed by atoms with van der Waals surface area (Å²) in [6.07, 6.45) is 0. The van der Waals surface area contributed by atoms with E-state index < -0.39 is 0 Å². The highest BCUT2D eigenvalue weighted by Gasteiger charge is 2.30. The molecule has 1 unspecified atom stereocenters. The Morgan fingerprint density at radius 2 is 1.88 bits per heavy atom. The third-order valence-corrected chi connectivity index (χ3v) is 5.10. The number of aliphatic hydroxyl groups excluding tert-OH is 1. The number of urea groups is 1. The first-order chi connectivity index (χ1) is 12.3. The van der Waals surface area contributed by atoms with E-state index in [1.165, 1.54) is 0 Å². The van der Waals surface area contributed by atoms with Crippen LogP contribution in [0.5, 0.6) is 0 Å². The zero-order valence-corrected chi connectivity index (χ0v) is 16.3. The normalized spacial score (nSPS) is 12.7. The van der Waals surface area contributed by atoms with E-state index in [0.29, 0.717) is 13.1 Å². The van der Waals surface area contributed by atoms with Crippen molar-refractivity contribution in [3.63, 3.8) is 0 Å². The molecule has 0 bridgehead atoms. The summed E-state index contributed by atoms with van der Waals surface area (Å²) in [6.45, 7) is 8.88. The molecule has 2 amide bonds. The number of nitrogens with one attached hydrogen (secondary N) is 2. The van der Waals surface area contributed by atoms with Gasteiger partial charge in [-0.25, -0.2) is 4.79 Å². The van der Waals surface area contributed by atoms with Crippen LogP contribution in [-0.4, -0.2) is 34.1 Å². The molecule has 0 aliphatic heterocycles. The van der Waals surface area contributed by atoms with Gasteiger partial charge in [0, 0.05) is 43.9 Å². The van der Waals surface area contributed by atoms with E-state index in [0.717, 1.165) is 22.5 Å². The van der Waals surface area contributed by atoms with Crippen LogP contribution in [0.4, 0.5) is 4.79 Å². The van der Waals surface area contributed by atoms with Crippen molar-refractivity contribution < 1.29 is 9.90 Å². The van der Waals surface area contributed by atoms with Crippen LogP contribution in [0.3, 0.4) is 0 Å². The van der Waals surface area contributed by atoms with Crippen molar-refractivity contribution in [3.05, 3.63) is 52.8 Å². The Balaban J connectivity index is 1.99. The monoisotopic (exact) mass is 358 g/mol. The van der Waals surface area contributed by atoms with Gasteiger partial charge in [-0.15, -0.1) is 0 Å². The molecule has 26 heavy (non-hydrogen) atoms. The topological polar surface area (TPSA) is 79.2 Å². The Morgan fingerprint density at radius 3 is 2.42 bits per heavy atom. The van der Waals surface area contributed by atoms with Crippen LogP contribution >= 0.6 is 0 Å². The van der Waals surface area contributed by atoms with Crippen LogP contribution in [0.2, 0.25) is 0 Å². The Hall–Kier alpha value is -2.34. The molecule has 142 valence electrons. The number of carbonyl (C=O) groups is 1. The van der Waals surface area contributed by atoms with E-state index in [2.05, 4.69) is 15.7 Å². The molecule has 6 heteroatoms. The molecule has 0 aliphatic rings. The predicted octanol–water partition coefficient (Wildman–Crippen LogP) is 2.64. The van der Waals surface area contributed by atoms with Gasteiger partial charge in [0.05, 0.1) is 5.69 Å². The minimum absolute atomic E-state index is 0.0151. The maximum atomic E-state index is 12.3. The van der Waals surface area contributed by atoms with Crippen molar-refractivity contribution in [1.29, 1.82) is 0 Å². The van der Waals surface area contributed by atoms with E-state index in [9.17, 15) is 9.90 Å². The van der Waals surface area contributed by atoms with Crippen LogP contribution < -0.4 is 10.6 Å². The van der Waals surface area contributed by atoms with Gasteiger partial charge in [-0.3, -0.25) is 4.68 Å². The fraction of sp³-hybridized carbons (Fsp3) is 0.500. The van der Waals surface area contributed by atoms with E-state index in [-0.39, 0.29) is 24.0 Å². The van der Waals surface area contributed by atoms with Gasteiger partial charge in [0.2, 0.25) is 0 Å². The molecule has 0 radical (unpaired) electrons. The number of hydrogen-bond donors (Lipinski definition) is 3. The molecule has 0 saturated carbocycles. The molecular formula is C20H30N4O2. The highest BCUT2D eigenvalue weighted by molar-refractivity contribution is 5.74. The van der Waals surface area contributed by atoms with E-state index in [4.69, 9.17) is 0 Å². The van der Waals surface area contributed by atoms with Crippen LogP contribution in [0.1, 0.15) is 42.3 Å². The maximum absolute atomic E-state index is 12.3. The average Bonchev–Trinajstić information content (AvgIpc) is 2.86. The standard InChI is InChI=1S/C20H30N4O2/c1-14-17(15(2)24(5)23-14)11-21-19(26)22-12-18(20(3,4)13-25)16-9-7-6-8-10-16/h6-10,18,25H,11-13H2,1-5H3,(H2,21,22,26). The van der Waals surface area contributed by atoms with Crippen molar-refractivity contribution in [2.24, 2.45) is 12.5 Å². The van der Waals surface area contributed by atoms with Crippen LogP contribution in [0.15, 0.2) is 30.3 Å². The second-order valence-electron chi connectivity index (χ2n) is 7.45. The zero-order chi connectivity index (χ0) is 19.3. The van der Waals surface area contributed by atoms with E-state index in [1.54, 1.807) is 0 Å². The molecule has 1 aromatic heterocycles. The largest absolute Gasteiger partial charge is 0.396 e. The fourth-order valence-corrected chi connectivity index (χ4v) is 3.14. The number of rotatable bonds is 7. The van der Waals surface area contributed by atoms with Gasteiger partial charge in [-0.05, 0) is 24.8 Å². The van der Waals surface area contributed by atoms with Crippen molar-refractivity contribution >= 4 is 6.03 Å². The number of nitrogens with zero attached hydrogens (tertiary/aromatic N) is 2. The summed E-state index contributed by atoms with van der Waals surface area (Å²) >= 11 is 0. The van der Waals surface area contributed by atoms with Gasteiger partial charge in [-0.1, -0.05) is 44.2 Å². The summed E-state index contributed by atoms with van der Waals surface area (Å²) in [7, 11) is 1.90. The molecular weight excluding hydrogens is 328 g/mol. The molecule has 0 spiro atoms. The van der Waals surface area contributed by atoms with Crippen molar-refractivity contribution in [3.8, 4) is 0 Å². The number of carbonyl (C=O) groups excluding carboxylic acids is 1. The Bertz CT molecular complexity index is 738. The van der Waals surface area contributed by atoms with E-state index >= 15 is 0 Å². The summed E-state index contributed by atoms with van der Waals surface area (Å²) in [5, 5.41) is 20.0. The molecule has 1 aromatic carbocycles. The highest BCUT2D eigenvalue weighted by atomic mass is 16.3. The number of amides is 2. The first-order valence-electron chi connectivity index (χ1n) is 8.93. The zero-order valence-electron chi connectivity index (χ0n) is 16.3. The Kier molecular flexibility index (Phi) is 6.42. The Morgan fingerprint density at radius 1 is 1.23 bits per heavy atom. The third-order valence-electron chi connectivity index (χ3n) is 5.10. The van der Waals surface area contributed by atoms with Gasteiger partial charge in [-0.2, -0.15) is 5.10 Å². The fourth-order valence-electron chi connectivity index (χ4n) is 3.14. The lowest BCUT2D eigenvalue weighted by Gasteiger charge is -2.33. The van der Waals surface area contributed by atoms with Gasteiger partial charge >= 0.3 is 6.03 Å².